The van der Waals surface area contributed by atoms with E-state index in [1.54, 1.807) is 54.9 Å². The van der Waals surface area contributed by atoms with Gasteiger partial charge in [0.1, 0.15) is 17.6 Å². The van der Waals surface area contributed by atoms with E-state index >= 15 is 4.79 Å². The van der Waals surface area contributed by atoms with Crippen LogP contribution in [0, 0.1) is 11.8 Å². The molecule has 2 aromatic heterocycles. The number of rotatable bonds is 8. The molecule has 3 aromatic carbocycles. The molecule has 0 radical (unpaired) electrons. The third-order valence-corrected chi connectivity index (χ3v) is 14.1. The fourth-order valence-electron chi connectivity index (χ4n) is 10.6. The maximum atomic E-state index is 15.4. The molecule has 340 valence electrons. The van der Waals surface area contributed by atoms with Gasteiger partial charge in [-0.15, -0.1) is 5.69 Å². The number of nitrogens with one attached hydrogen (secondary N) is 1. The molecule has 7 N–H and O–H groups in total. The monoisotopic (exact) mass is 879 g/mol. The number of hydrogen-bond donors (Lipinski definition) is 7. The number of aromatic hydroxyl groups is 2. The number of aliphatic hydroxyl groups is 4. The van der Waals surface area contributed by atoms with Crippen LogP contribution in [0.2, 0.25) is 0 Å². The van der Waals surface area contributed by atoms with Crippen molar-refractivity contribution in [2.45, 2.75) is 101 Å². The molecular formula is C53H57N3O9-2. The molecule has 1 fully saturated rings. The van der Waals surface area contributed by atoms with Crippen molar-refractivity contribution in [3.63, 3.8) is 0 Å². The van der Waals surface area contributed by atoms with Crippen LogP contribution in [0.5, 0.6) is 17.2 Å². The lowest BCUT2D eigenvalue weighted by Gasteiger charge is -2.40. The smallest absolute Gasteiger partial charge is 0.163 e. The van der Waals surface area contributed by atoms with Gasteiger partial charge in [0.2, 0.25) is 0 Å². The topological polar surface area (TPSA) is 209 Å². The van der Waals surface area contributed by atoms with Gasteiger partial charge in [-0.25, -0.2) is 0 Å². The maximum absolute atomic E-state index is 15.4. The highest BCUT2D eigenvalue weighted by molar-refractivity contribution is 6.05. The second kappa shape index (κ2) is 18.9. The number of phenols is 2. The molecular weight excluding hydrogens is 823 g/mol. The van der Waals surface area contributed by atoms with Crippen molar-refractivity contribution >= 4 is 29.5 Å². The molecule has 0 unspecified atom stereocenters. The summed E-state index contributed by atoms with van der Waals surface area (Å²) in [6.45, 7) is -0.418. The molecule has 9 rings (SSSR count). The third-order valence-electron chi connectivity index (χ3n) is 14.1. The first-order chi connectivity index (χ1) is 31.5. The van der Waals surface area contributed by atoms with E-state index < -0.39 is 36.1 Å². The molecule has 5 aromatic rings. The summed E-state index contributed by atoms with van der Waals surface area (Å²) in [4.78, 5) is 37.9. The molecule has 4 bridgehead atoms. The molecule has 1 aliphatic heterocycles. The fourth-order valence-corrected chi connectivity index (χ4v) is 10.6. The quantitative estimate of drug-likeness (QED) is 0.0761. The number of ketones is 2. The van der Waals surface area contributed by atoms with Crippen LogP contribution >= 0.6 is 0 Å². The standard InChI is InChI=1S/C53H57N3O9/c57-22-16-32-9-10-34-26-36(32)27-35-14-20-55-52(35)56-30-37-28-44-40(15-21-54-44)43(29-53(64)18-12-33-4-3-7-45(59)39(33)13-19-53)48(37)51(63)41(17-23-58)46(60)11-8-31-24-42(49(34)61)50(62)47(25-31)65-38-5-1-2-6-38/h3-4,7,9-10,13-15,19-21,24-26,28,38,41,43,48-49,55,57-59,61-62,64H,1-2,5-6,8,11-12,16-18,22-23,27,29-30H2/q-2/t41-,43-,48-,49+,53+/m1/s1. The average molecular weight is 880 g/mol. The van der Waals surface area contributed by atoms with Gasteiger partial charge in [0, 0.05) is 36.7 Å². The first kappa shape index (κ1) is 44.3. The number of hydrogen-bond acceptors (Lipinski definition) is 9. The molecule has 0 saturated heterocycles. The molecule has 3 aliphatic carbocycles. The van der Waals surface area contributed by atoms with Crippen molar-refractivity contribution in [2.75, 3.05) is 19.8 Å². The summed E-state index contributed by atoms with van der Waals surface area (Å²) in [5.74, 6) is -2.71. The molecule has 65 heavy (non-hydrogen) atoms. The van der Waals surface area contributed by atoms with Gasteiger partial charge in [0.25, 0.3) is 0 Å². The number of carbonyl (C=O) groups excluding carboxylic acids is 2. The minimum absolute atomic E-state index is 0.0656. The van der Waals surface area contributed by atoms with Crippen molar-refractivity contribution in [1.82, 2.24) is 9.97 Å². The summed E-state index contributed by atoms with van der Waals surface area (Å²) in [5.41, 5.74) is 6.17. The number of Topliss-reactive ketones (excluding diaryl/α,β-unsaturated/α-hetero) is 2. The van der Waals surface area contributed by atoms with Crippen molar-refractivity contribution < 1.29 is 45.0 Å². The van der Waals surface area contributed by atoms with Gasteiger partial charge >= 0.3 is 0 Å². The van der Waals surface area contributed by atoms with Crippen LogP contribution in [-0.2, 0) is 35.3 Å². The maximum Gasteiger partial charge on any atom is 0.163 e. The zero-order chi connectivity index (χ0) is 45.2. The number of aliphatic hydroxyl groups excluding tert-OH is 3. The molecule has 3 heterocycles. The summed E-state index contributed by atoms with van der Waals surface area (Å²) < 4.78 is 6.37. The Labute approximate surface area is 378 Å². The second-order valence-corrected chi connectivity index (χ2v) is 18.3. The number of carbonyl (C=O) groups is 2. The van der Waals surface area contributed by atoms with Crippen LogP contribution in [0.15, 0.2) is 84.7 Å². The zero-order valence-corrected chi connectivity index (χ0v) is 36.5. The Balaban J connectivity index is 1.14. The van der Waals surface area contributed by atoms with E-state index in [9.17, 15) is 35.4 Å². The van der Waals surface area contributed by atoms with E-state index in [0.717, 1.165) is 53.5 Å². The van der Waals surface area contributed by atoms with Gasteiger partial charge in [-0.3, -0.25) is 9.59 Å². The van der Waals surface area contributed by atoms with E-state index in [-0.39, 0.29) is 79.3 Å². The molecule has 0 spiro atoms. The number of fused-ring (bicyclic) bond motifs is 8. The van der Waals surface area contributed by atoms with Gasteiger partial charge in [-0.2, -0.15) is 6.20 Å². The highest BCUT2D eigenvalue weighted by Gasteiger charge is 2.43. The molecule has 1 saturated carbocycles. The number of aromatic nitrogens is 2. The Morgan fingerprint density at radius 1 is 0.892 bits per heavy atom. The summed E-state index contributed by atoms with van der Waals surface area (Å²) >= 11 is 0. The van der Waals surface area contributed by atoms with E-state index in [4.69, 9.17) is 10.1 Å². The van der Waals surface area contributed by atoms with E-state index in [1.807, 2.05) is 36.4 Å². The van der Waals surface area contributed by atoms with Gasteiger partial charge < -0.3 is 50.7 Å². The van der Waals surface area contributed by atoms with Crippen LogP contribution in [0.25, 0.3) is 17.5 Å². The average Bonchev–Trinajstić information content (AvgIpc) is 4.08. The predicted octanol–water partition coefficient (Wildman–Crippen LogP) is 7.58. The molecule has 12 heteroatoms. The van der Waals surface area contributed by atoms with Crippen molar-refractivity contribution in [3.05, 3.63) is 146 Å². The van der Waals surface area contributed by atoms with Gasteiger partial charge in [-0.1, -0.05) is 83.8 Å². The molecule has 4 aliphatic rings. The first-order valence-corrected chi connectivity index (χ1v) is 23.0. The van der Waals surface area contributed by atoms with Gasteiger partial charge in [-0.05, 0) is 135 Å². The Morgan fingerprint density at radius 2 is 1.74 bits per heavy atom. The van der Waals surface area contributed by atoms with Gasteiger partial charge in [0.05, 0.1) is 17.6 Å². The summed E-state index contributed by atoms with van der Waals surface area (Å²) in [6, 6.07) is 18.1. The number of H-pyrrole nitrogens is 1. The third kappa shape index (κ3) is 9.18. The number of phenolic OH excluding ortho intramolecular Hbond substituents is 2. The Kier molecular flexibility index (Phi) is 12.9. The Bertz CT molecular complexity index is 2620. The largest absolute Gasteiger partial charge is 0.664 e. The zero-order valence-electron chi connectivity index (χ0n) is 36.5. The molecule has 0 amide bonds. The lowest BCUT2D eigenvalue weighted by molar-refractivity contribution is -0.135. The lowest BCUT2D eigenvalue weighted by Crippen LogP contribution is -2.40. The van der Waals surface area contributed by atoms with Crippen LogP contribution in [-0.4, -0.2) is 78.7 Å². The van der Waals surface area contributed by atoms with Gasteiger partial charge in [0.15, 0.2) is 17.3 Å². The lowest BCUT2D eigenvalue weighted by atomic mass is 9.67. The minimum atomic E-state index is -1.40. The second-order valence-electron chi connectivity index (χ2n) is 18.3. The van der Waals surface area contributed by atoms with E-state index in [1.165, 1.54) is 0 Å². The Morgan fingerprint density at radius 3 is 2.55 bits per heavy atom. The number of benzene rings is 3. The normalized spacial score (nSPS) is 23.7. The molecule has 12 nitrogen and oxygen atoms in total. The summed E-state index contributed by atoms with van der Waals surface area (Å²) in [6.07, 6.45) is 12.8. The van der Waals surface area contributed by atoms with Crippen LogP contribution < -0.4 is 9.72 Å². The van der Waals surface area contributed by atoms with Crippen LogP contribution in [0.1, 0.15) is 119 Å². The number of ether oxygens (including phenoxy) is 1. The van der Waals surface area contributed by atoms with Crippen molar-refractivity contribution in [3.8, 4) is 17.2 Å². The van der Waals surface area contributed by atoms with E-state index in [0.29, 0.717) is 59.5 Å². The fraction of sp³-hybridized carbons (Fsp3) is 0.396. The highest BCUT2D eigenvalue weighted by atomic mass is 16.5. The molecule has 5 atom stereocenters. The number of nitrogens with zero attached hydrogens (tertiary/aromatic N) is 2. The minimum Gasteiger partial charge on any atom is -0.664 e. The van der Waals surface area contributed by atoms with Crippen LogP contribution in [0.3, 0.4) is 0 Å². The number of aryl methyl sites for hydroxylation is 2. The Hall–Kier alpha value is -5.92. The van der Waals surface area contributed by atoms with E-state index in [2.05, 4.69) is 9.97 Å². The highest BCUT2D eigenvalue weighted by Crippen LogP contribution is 2.48. The summed E-state index contributed by atoms with van der Waals surface area (Å²) in [7, 11) is 0. The SMILES string of the molecule is O=C1CCc2cc(OC3CCCC3)c(O)c(c2)[C@@H](O)c2ccc(CCO)c(c2)Cc2cc[nH]c2[N-]CC2=Cc3[n-]ccc3[C@@H](C[C@@]3(O)C=Cc4c(O)cccc4CC3)[C@@H]2C(=O)[C@@H]1CCO. The predicted molar refractivity (Wildman–Crippen MR) is 246 cm³/mol. The van der Waals surface area contributed by atoms with Crippen LogP contribution in [0.4, 0.5) is 5.82 Å². The number of aromatic amines is 1. The van der Waals surface area contributed by atoms with Crippen molar-refractivity contribution in [2.24, 2.45) is 11.8 Å². The first-order valence-electron chi connectivity index (χ1n) is 23.0. The summed E-state index contributed by atoms with van der Waals surface area (Å²) in [5, 5.41) is 72.5. The van der Waals surface area contributed by atoms with Crippen molar-refractivity contribution in [1.29, 1.82) is 0 Å².